The van der Waals surface area contributed by atoms with Crippen molar-refractivity contribution >= 4 is 46.2 Å². The van der Waals surface area contributed by atoms with E-state index in [2.05, 4.69) is 4.99 Å². The number of rotatable bonds is 4. The number of carbonyl (C=O) groups is 1. The van der Waals surface area contributed by atoms with Crippen molar-refractivity contribution < 1.29 is 14.3 Å². The van der Waals surface area contributed by atoms with Gasteiger partial charge in [-0.3, -0.25) is 9.69 Å². The lowest BCUT2D eigenvalue weighted by Crippen LogP contribution is -2.23. The number of thioether (sulfide) groups is 1. The van der Waals surface area contributed by atoms with Gasteiger partial charge in [-0.2, -0.15) is 0 Å². The molecule has 1 amide bonds. The molecule has 7 heteroatoms. The maximum Gasteiger partial charge on any atom is 0.266 e. The summed E-state index contributed by atoms with van der Waals surface area (Å²) in [5.74, 6) is 1.25. The Labute approximate surface area is 161 Å². The van der Waals surface area contributed by atoms with Crippen LogP contribution in [0.15, 0.2) is 52.4 Å². The quantitative estimate of drug-likeness (QED) is 0.719. The Kier molecular flexibility index (Phi) is 5.54. The Hall–Kier alpha value is -2.44. The Morgan fingerprint density at radius 1 is 1.12 bits per heavy atom. The molecule has 134 valence electrons. The standard InChI is InChI=1S/C19H17ClN2O3S/c1-22-18(23)17(11-12-4-9-16(25-3)15(20)10-12)26-19(22)21-13-5-7-14(24-2)8-6-13/h4-11H,1-3H3/b17-11+,21-19?. The minimum absolute atomic E-state index is 0.103. The van der Waals surface area contributed by atoms with E-state index < -0.39 is 0 Å². The second kappa shape index (κ2) is 7.85. The molecule has 0 aromatic heterocycles. The molecule has 1 aliphatic heterocycles. The van der Waals surface area contributed by atoms with E-state index in [-0.39, 0.29) is 5.91 Å². The van der Waals surface area contributed by atoms with Gasteiger partial charge >= 0.3 is 0 Å². The minimum atomic E-state index is -0.103. The lowest BCUT2D eigenvalue weighted by atomic mass is 10.2. The summed E-state index contributed by atoms with van der Waals surface area (Å²) in [4.78, 5) is 19.2. The van der Waals surface area contributed by atoms with Gasteiger partial charge < -0.3 is 9.47 Å². The summed E-state index contributed by atoms with van der Waals surface area (Å²) in [6.07, 6.45) is 1.80. The highest BCUT2D eigenvalue weighted by Gasteiger charge is 2.30. The number of ether oxygens (including phenoxy) is 2. The van der Waals surface area contributed by atoms with Gasteiger partial charge in [0, 0.05) is 7.05 Å². The summed E-state index contributed by atoms with van der Waals surface area (Å²) >= 11 is 7.47. The second-order valence-corrected chi connectivity index (χ2v) is 6.88. The van der Waals surface area contributed by atoms with Crippen LogP contribution in [0.5, 0.6) is 11.5 Å². The highest BCUT2D eigenvalue weighted by molar-refractivity contribution is 8.18. The van der Waals surface area contributed by atoms with Crippen molar-refractivity contribution in [1.29, 1.82) is 0 Å². The van der Waals surface area contributed by atoms with Crippen LogP contribution >= 0.6 is 23.4 Å². The number of hydrogen-bond acceptors (Lipinski definition) is 5. The molecule has 0 spiro atoms. The summed E-state index contributed by atoms with van der Waals surface area (Å²) in [5, 5.41) is 1.11. The number of amidine groups is 1. The fourth-order valence-corrected chi connectivity index (χ4v) is 3.60. The topological polar surface area (TPSA) is 51.1 Å². The predicted molar refractivity (Wildman–Crippen MR) is 106 cm³/mol. The predicted octanol–water partition coefficient (Wildman–Crippen LogP) is 4.59. The summed E-state index contributed by atoms with van der Waals surface area (Å²) in [6.45, 7) is 0. The SMILES string of the molecule is COc1ccc(N=C2S/C(=C/c3ccc(OC)c(Cl)c3)C(=O)N2C)cc1. The maximum absolute atomic E-state index is 12.5. The van der Waals surface area contributed by atoms with Gasteiger partial charge in [0.15, 0.2) is 5.17 Å². The second-order valence-electron chi connectivity index (χ2n) is 5.46. The fourth-order valence-electron chi connectivity index (χ4n) is 2.34. The first-order valence-electron chi connectivity index (χ1n) is 7.75. The first-order chi connectivity index (χ1) is 12.5. The molecule has 0 saturated carbocycles. The van der Waals surface area contributed by atoms with Crippen molar-refractivity contribution in [3.63, 3.8) is 0 Å². The van der Waals surface area contributed by atoms with Crippen LogP contribution < -0.4 is 9.47 Å². The number of methoxy groups -OCH3 is 2. The van der Waals surface area contributed by atoms with Crippen LogP contribution in [0.4, 0.5) is 5.69 Å². The van der Waals surface area contributed by atoms with E-state index in [1.54, 1.807) is 39.5 Å². The maximum atomic E-state index is 12.5. The molecule has 1 heterocycles. The largest absolute Gasteiger partial charge is 0.497 e. The van der Waals surface area contributed by atoms with E-state index in [1.807, 2.05) is 30.3 Å². The Bertz CT molecular complexity index is 894. The third kappa shape index (κ3) is 3.86. The van der Waals surface area contributed by atoms with Crippen molar-refractivity contribution in [3.8, 4) is 11.5 Å². The third-order valence-corrected chi connectivity index (χ3v) is 5.13. The molecule has 0 bridgehead atoms. The van der Waals surface area contributed by atoms with E-state index in [1.165, 1.54) is 16.7 Å². The highest BCUT2D eigenvalue weighted by Crippen LogP contribution is 2.34. The van der Waals surface area contributed by atoms with Crippen LogP contribution in [0.1, 0.15) is 5.56 Å². The van der Waals surface area contributed by atoms with Gasteiger partial charge in [-0.15, -0.1) is 0 Å². The molecule has 1 saturated heterocycles. The van der Waals surface area contributed by atoms with E-state index in [4.69, 9.17) is 21.1 Å². The van der Waals surface area contributed by atoms with Crippen LogP contribution in [-0.4, -0.2) is 37.2 Å². The molecule has 5 nitrogen and oxygen atoms in total. The lowest BCUT2D eigenvalue weighted by Gasteiger charge is -2.07. The van der Waals surface area contributed by atoms with Crippen molar-refractivity contribution in [3.05, 3.63) is 58.0 Å². The molecule has 0 N–H and O–H groups in total. The first kappa shape index (κ1) is 18.4. The number of carbonyl (C=O) groups excluding carboxylic acids is 1. The molecule has 0 unspecified atom stereocenters. The summed E-state index contributed by atoms with van der Waals surface area (Å²) in [7, 11) is 4.88. The number of benzene rings is 2. The number of hydrogen-bond donors (Lipinski definition) is 0. The first-order valence-corrected chi connectivity index (χ1v) is 8.95. The Balaban J connectivity index is 1.85. The molecule has 0 radical (unpaired) electrons. The average molecular weight is 389 g/mol. The highest BCUT2D eigenvalue weighted by atomic mass is 35.5. The van der Waals surface area contributed by atoms with Gasteiger partial charge in [-0.05, 0) is 59.8 Å². The third-order valence-electron chi connectivity index (χ3n) is 3.77. The normalized spacial score (nSPS) is 17.2. The van der Waals surface area contributed by atoms with Gasteiger partial charge in [0.1, 0.15) is 11.5 Å². The number of aliphatic imine (C=N–C) groups is 1. The molecule has 0 atom stereocenters. The monoisotopic (exact) mass is 388 g/mol. The van der Waals surface area contributed by atoms with E-state index in [0.717, 1.165) is 17.0 Å². The van der Waals surface area contributed by atoms with Crippen LogP contribution in [0.25, 0.3) is 6.08 Å². The zero-order valence-corrected chi connectivity index (χ0v) is 16.1. The zero-order chi connectivity index (χ0) is 18.7. The number of halogens is 1. The summed E-state index contributed by atoms with van der Waals surface area (Å²) < 4.78 is 10.3. The van der Waals surface area contributed by atoms with Gasteiger partial charge in [0.2, 0.25) is 0 Å². The number of amides is 1. The van der Waals surface area contributed by atoms with Crippen molar-refractivity contribution in [2.75, 3.05) is 21.3 Å². The lowest BCUT2D eigenvalue weighted by molar-refractivity contribution is -0.121. The summed E-state index contributed by atoms with van der Waals surface area (Å²) in [5.41, 5.74) is 1.58. The molecule has 0 aliphatic carbocycles. The molecule has 26 heavy (non-hydrogen) atoms. The number of likely N-dealkylation sites (N-methyl/N-ethyl adjacent to an activating group) is 1. The smallest absolute Gasteiger partial charge is 0.266 e. The van der Waals surface area contributed by atoms with E-state index in [0.29, 0.717) is 20.8 Å². The average Bonchev–Trinajstić information content (AvgIpc) is 2.90. The van der Waals surface area contributed by atoms with Crippen LogP contribution in [0.3, 0.4) is 0 Å². The van der Waals surface area contributed by atoms with Crippen molar-refractivity contribution in [1.82, 2.24) is 4.90 Å². The zero-order valence-electron chi connectivity index (χ0n) is 14.5. The Morgan fingerprint density at radius 3 is 2.46 bits per heavy atom. The fraction of sp³-hybridized carbons (Fsp3) is 0.158. The number of nitrogens with zero attached hydrogens (tertiary/aromatic N) is 2. The van der Waals surface area contributed by atoms with E-state index in [9.17, 15) is 4.79 Å². The summed E-state index contributed by atoms with van der Waals surface area (Å²) in [6, 6.07) is 12.7. The molecular formula is C19H17ClN2O3S. The van der Waals surface area contributed by atoms with Gasteiger partial charge in [0.25, 0.3) is 5.91 Å². The van der Waals surface area contributed by atoms with Gasteiger partial charge in [-0.1, -0.05) is 17.7 Å². The molecule has 1 aliphatic rings. The van der Waals surface area contributed by atoms with Crippen LogP contribution in [0.2, 0.25) is 5.02 Å². The van der Waals surface area contributed by atoms with Gasteiger partial charge in [0.05, 0.1) is 29.8 Å². The molecule has 2 aromatic rings. The molecule has 1 fully saturated rings. The minimum Gasteiger partial charge on any atom is -0.497 e. The molecule has 2 aromatic carbocycles. The van der Waals surface area contributed by atoms with E-state index >= 15 is 0 Å². The molecule has 3 rings (SSSR count). The molecular weight excluding hydrogens is 372 g/mol. The van der Waals surface area contributed by atoms with Crippen molar-refractivity contribution in [2.24, 2.45) is 4.99 Å². The van der Waals surface area contributed by atoms with Gasteiger partial charge in [-0.25, -0.2) is 4.99 Å². The van der Waals surface area contributed by atoms with Crippen molar-refractivity contribution in [2.45, 2.75) is 0 Å². The Morgan fingerprint density at radius 2 is 1.85 bits per heavy atom. The van der Waals surface area contributed by atoms with Crippen LogP contribution in [0, 0.1) is 0 Å². The van der Waals surface area contributed by atoms with Crippen LogP contribution in [-0.2, 0) is 4.79 Å².